The molecule has 2 unspecified atom stereocenters. The average Bonchev–Trinajstić information content (AvgIpc) is 2.49. The highest BCUT2D eigenvalue weighted by molar-refractivity contribution is 6.10. The van der Waals surface area contributed by atoms with Gasteiger partial charge in [0.1, 0.15) is 5.92 Å². The minimum atomic E-state index is -0.518. The average molecular weight is 168 g/mol. The van der Waals surface area contributed by atoms with Crippen LogP contribution in [-0.4, -0.2) is 23.8 Å². The molecule has 1 aliphatic carbocycles. The van der Waals surface area contributed by atoms with Gasteiger partial charge in [-0.25, -0.2) is 0 Å². The molecule has 1 aliphatic heterocycles. The van der Waals surface area contributed by atoms with Crippen molar-refractivity contribution in [3.05, 3.63) is 0 Å². The lowest BCUT2D eigenvalue weighted by molar-refractivity contribution is -0.146. The zero-order chi connectivity index (χ0) is 8.77. The molecular formula is C8H12N2O2. The maximum Gasteiger partial charge on any atom is 0.228 e. The predicted molar refractivity (Wildman–Crippen MR) is 42.3 cm³/mol. The van der Waals surface area contributed by atoms with Crippen molar-refractivity contribution < 1.29 is 9.59 Å². The second kappa shape index (κ2) is 2.29. The van der Waals surface area contributed by atoms with Crippen molar-refractivity contribution in [3.63, 3.8) is 0 Å². The molecule has 1 saturated carbocycles. The topological polar surface area (TPSA) is 72.2 Å². The number of amides is 1. The Morgan fingerprint density at radius 3 is 2.83 bits per heavy atom. The van der Waals surface area contributed by atoms with Crippen LogP contribution in [0.2, 0.25) is 0 Å². The molecule has 2 rings (SSSR count). The van der Waals surface area contributed by atoms with Crippen molar-refractivity contribution in [2.24, 2.45) is 11.7 Å². The smallest absolute Gasteiger partial charge is 0.228 e. The molecule has 0 aromatic carbocycles. The van der Waals surface area contributed by atoms with E-state index < -0.39 is 11.8 Å². The van der Waals surface area contributed by atoms with Crippen LogP contribution in [0.15, 0.2) is 0 Å². The summed E-state index contributed by atoms with van der Waals surface area (Å²) in [7, 11) is 0. The molecule has 12 heavy (non-hydrogen) atoms. The summed E-state index contributed by atoms with van der Waals surface area (Å²) < 4.78 is 0. The van der Waals surface area contributed by atoms with E-state index in [1.165, 1.54) is 0 Å². The Hall–Kier alpha value is -0.900. The number of hydrogen-bond donors (Lipinski definition) is 2. The molecule has 1 saturated heterocycles. The van der Waals surface area contributed by atoms with E-state index >= 15 is 0 Å². The minimum absolute atomic E-state index is 0.00694. The number of primary amides is 1. The summed E-state index contributed by atoms with van der Waals surface area (Å²) in [6.45, 7) is 0.886. The Labute approximate surface area is 70.5 Å². The van der Waals surface area contributed by atoms with Crippen molar-refractivity contribution in [3.8, 4) is 0 Å². The molecule has 0 radical (unpaired) electrons. The van der Waals surface area contributed by atoms with Gasteiger partial charge in [-0.3, -0.25) is 9.59 Å². The number of carbonyl (C=O) groups excluding carboxylic acids is 2. The first-order chi connectivity index (χ1) is 5.66. The molecular weight excluding hydrogens is 156 g/mol. The van der Waals surface area contributed by atoms with E-state index in [0.29, 0.717) is 6.42 Å². The van der Waals surface area contributed by atoms with Crippen molar-refractivity contribution in [1.82, 2.24) is 5.32 Å². The Bertz CT molecular complexity index is 243. The van der Waals surface area contributed by atoms with Gasteiger partial charge in [-0.05, 0) is 25.8 Å². The lowest BCUT2D eigenvalue weighted by Crippen LogP contribution is -2.63. The standard InChI is InChI=1S/C8H12N2O2/c9-7(12)5-4-8(6(5)11)2-1-3-10-8/h5,10H,1-4H2,(H2,9,12). The SMILES string of the molecule is NC(=O)C1CC2(CCCN2)C1=O. The minimum Gasteiger partial charge on any atom is -0.369 e. The van der Waals surface area contributed by atoms with Crippen molar-refractivity contribution in [1.29, 1.82) is 0 Å². The van der Waals surface area contributed by atoms with Crippen LogP contribution in [0.4, 0.5) is 0 Å². The van der Waals surface area contributed by atoms with E-state index in [9.17, 15) is 9.59 Å². The molecule has 0 aromatic rings. The fourth-order valence-corrected chi connectivity index (χ4v) is 2.16. The first-order valence-corrected chi connectivity index (χ1v) is 4.24. The number of nitrogens with two attached hydrogens (primary N) is 1. The van der Waals surface area contributed by atoms with Crippen LogP contribution in [0, 0.1) is 5.92 Å². The van der Waals surface area contributed by atoms with Crippen LogP contribution in [0.25, 0.3) is 0 Å². The van der Waals surface area contributed by atoms with E-state index in [1.807, 2.05) is 0 Å². The highest BCUT2D eigenvalue weighted by Gasteiger charge is 2.56. The summed E-state index contributed by atoms with van der Waals surface area (Å²) in [4.78, 5) is 22.2. The second-order valence-electron chi connectivity index (χ2n) is 3.64. The summed E-state index contributed by atoms with van der Waals surface area (Å²) in [6.07, 6.45) is 2.51. The molecule has 2 fully saturated rings. The molecule has 1 spiro atoms. The van der Waals surface area contributed by atoms with Gasteiger partial charge in [-0.1, -0.05) is 0 Å². The highest BCUT2D eigenvalue weighted by Crippen LogP contribution is 2.39. The third-order valence-electron chi connectivity index (χ3n) is 2.93. The number of Topliss-reactive ketones (excluding diaryl/α,β-unsaturated/α-hetero) is 1. The summed E-state index contributed by atoms with van der Waals surface area (Å²) in [5, 5.41) is 3.15. The largest absolute Gasteiger partial charge is 0.369 e. The molecule has 1 heterocycles. The van der Waals surface area contributed by atoms with E-state index in [-0.39, 0.29) is 11.3 Å². The third kappa shape index (κ3) is 0.813. The molecule has 1 amide bonds. The molecule has 2 atom stereocenters. The van der Waals surface area contributed by atoms with Gasteiger partial charge in [0.2, 0.25) is 5.91 Å². The van der Waals surface area contributed by atoms with Gasteiger partial charge < -0.3 is 11.1 Å². The first-order valence-electron chi connectivity index (χ1n) is 4.24. The predicted octanol–water partition coefficient (Wildman–Crippen LogP) is -0.817. The van der Waals surface area contributed by atoms with Crippen LogP contribution >= 0.6 is 0 Å². The van der Waals surface area contributed by atoms with Crippen molar-refractivity contribution in [2.45, 2.75) is 24.8 Å². The molecule has 4 heteroatoms. The number of rotatable bonds is 1. The highest BCUT2D eigenvalue weighted by atomic mass is 16.2. The van der Waals surface area contributed by atoms with Crippen molar-refractivity contribution in [2.75, 3.05) is 6.54 Å². The maximum absolute atomic E-state index is 11.5. The quantitative estimate of drug-likeness (QED) is 0.503. The fraction of sp³-hybridized carbons (Fsp3) is 0.750. The molecule has 0 aromatic heterocycles. The lowest BCUT2D eigenvalue weighted by Gasteiger charge is -2.41. The monoisotopic (exact) mass is 168 g/mol. The van der Waals surface area contributed by atoms with E-state index in [1.54, 1.807) is 0 Å². The Balaban J connectivity index is 2.08. The zero-order valence-corrected chi connectivity index (χ0v) is 6.80. The van der Waals surface area contributed by atoms with Gasteiger partial charge >= 0.3 is 0 Å². The molecule has 4 nitrogen and oxygen atoms in total. The molecule has 2 aliphatic rings. The normalized spacial score (nSPS) is 40.0. The van der Waals surface area contributed by atoms with E-state index in [0.717, 1.165) is 19.4 Å². The van der Waals surface area contributed by atoms with Crippen molar-refractivity contribution >= 4 is 11.7 Å². The second-order valence-corrected chi connectivity index (χ2v) is 3.64. The van der Waals surface area contributed by atoms with E-state index in [4.69, 9.17) is 5.73 Å². The van der Waals surface area contributed by atoms with Crippen LogP contribution in [-0.2, 0) is 9.59 Å². The number of hydrogen-bond acceptors (Lipinski definition) is 3. The number of nitrogens with one attached hydrogen (secondary N) is 1. The Morgan fingerprint density at radius 1 is 1.67 bits per heavy atom. The van der Waals surface area contributed by atoms with E-state index in [2.05, 4.69) is 5.32 Å². The summed E-state index contributed by atoms with van der Waals surface area (Å²) in [5.74, 6) is -0.984. The molecule has 0 bridgehead atoms. The Kier molecular flexibility index (Phi) is 1.48. The van der Waals surface area contributed by atoms with Gasteiger partial charge in [0.15, 0.2) is 5.78 Å². The maximum atomic E-state index is 11.5. The van der Waals surface area contributed by atoms with Crippen LogP contribution in [0.1, 0.15) is 19.3 Å². The van der Waals surface area contributed by atoms with Gasteiger partial charge in [0, 0.05) is 0 Å². The van der Waals surface area contributed by atoms with Gasteiger partial charge in [0.25, 0.3) is 0 Å². The van der Waals surface area contributed by atoms with Crippen LogP contribution < -0.4 is 11.1 Å². The van der Waals surface area contributed by atoms with Gasteiger partial charge in [0.05, 0.1) is 5.54 Å². The molecule has 66 valence electrons. The summed E-state index contributed by atoms with van der Waals surface area (Å²) >= 11 is 0. The van der Waals surface area contributed by atoms with Crippen LogP contribution in [0.3, 0.4) is 0 Å². The summed E-state index contributed by atoms with van der Waals surface area (Å²) in [6, 6.07) is 0. The Morgan fingerprint density at radius 2 is 2.42 bits per heavy atom. The van der Waals surface area contributed by atoms with Gasteiger partial charge in [-0.2, -0.15) is 0 Å². The zero-order valence-electron chi connectivity index (χ0n) is 6.80. The van der Waals surface area contributed by atoms with Crippen LogP contribution in [0.5, 0.6) is 0 Å². The summed E-state index contributed by atoms with van der Waals surface area (Å²) in [5.41, 5.74) is 4.69. The molecule has 3 N–H and O–H groups in total. The number of ketones is 1. The fourth-order valence-electron chi connectivity index (χ4n) is 2.16. The third-order valence-corrected chi connectivity index (χ3v) is 2.93. The van der Waals surface area contributed by atoms with Gasteiger partial charge in [-0.15, -0.1) is 0 Å². The number of carbonyl (C=O) groups is 2. The first kappa shape index (κ1) is 7.73. The lowest BCUT2D eigenvalue weighted by atomic mass is 9.66.